The van der Waals surface area contributed by atoms with Crippen molar-refractivity contribution in [3.8, 4) is 17.2 Å². The van der Waals surface area contributed by atoms with Crippen molar-refractivity contribution in [1.29, 1.82) is 0 Å². The van der Waals surface area contributed by atoms with Crippen LogP contribution in [0.1, 0.15) is 5.56 Å². The molecule has 6 nitrogen and oxygen atoms in total. The number of hydrogen-bond donors (Lipinski definition) is 1. The molecule has 0 aliphatic heterocycles. The fourth-order valence-corrected chi connectivity index (χ4v) is 2.99. The van der Waals surface area contributed by atoms with E-state index in [9.17, 15) is 14.3 Å². The third kappa shape index (κ3) is 4.66. The smallest absolute Gasteiger partial charge is 0.342 e. The quantitative estimate of drug-likeness (QED) is 0.466. The average Bonchev–Trinajstić information content (AvgIpc) is 3.11. The number of thioether (sulfide) groups is 1. The third-order valence-electron chi connectivity index (χ3n) is 3.37. The molecule has 0 saturated carbocycles. The summed E-state index contributed by atoms with van der Waals surface area (Å²) in [6, 6.07) is 10.3. The van der Waals surface area contributed by atoms with Gasteiger partial charge in [0.25, 0.3) is 11.1 Å². The molecular weight excluding hydrogens is 395 g/mol. The van der Waals surface area contributed by atoms with Gasteiger partial charge in [0.15, 0.2) is 0 Å². The molecule has 0 amide bonds. The first kappa shape index (κ1) is 18.9. The number of benzene rings is 2. The zero-order chi connectivity index (χ0) is 19.4. The molecular formula is C18H12ClFN2O4S. The second-order valence-electron chi connectivity index (χ2n) is 5.19. The number of ether oxygens (including phenoxy) is 1. The predicted molar refractivity (Wildman–Crippen MR) is 99.2 cm³/mol. The van der Waals surface area contributed by atoms with Gasteiger partial charge in [-0.15, -0.1) is 10.2 Å². The molecule has 0 aliphatic carbocycles. The molecule has 0 unspecified atom stereocenters. The molecule has 1 N–H and O–H groups in total. The van der Waals surface area contributed by atoms with Gasteiger partial charge in [-0.05, 0) is 53.7 Å². The molecule has 2 aromatic carbocycles. The summed E-state index contributed by atoms with van der Waals surface area (Å²) >= 11 is 6.78. The second-order valence-corrected chi connectivity index (χ2v) is 6.61. The summed E-state index contributed by atoms with van der Waals surface area (Å²) in [5, 5.41) is 17.7. The largest absolute Gasteiger partial charge is 0.496 e. The highest BCUT2D eigenvalue weighted by Crippen LogP contribution is 2.34. The second kappa shape index (κ2) is 8.24. The molecule has 1 aromatic heterocycles. The molecule has 0 radical (unpaired) electrons. The first-order chi connectivity index (χ1) is 13.0. The minimum Gasteiger partial charge on any atom is -0.496 e. The lowest BCUT2D eigenvalue weighted by Crippen LogP contribution is -1.96. The van der Waals surface area contributed by atoms with E-state index in [1.807, 2.05) is 0 Å². The monoisotopic (exact) mass is 406 g/mol. The number of carboxylic acids is 1. The summed E-state index contributed by atoms with van der Waals surface area (Å²) in [6.07, 6.45) is 1.39. The molecule has 0 atom stereocenters. The van der Waals surface area contributed by atoms with Crippen LogP contribution in [0.2, 0.25) is 5.02 Å². The van der Waals surface area contributed by atoms with Crippen LogP contribution in [0.4, 0.5) is 4.39 Å². The van der Waals surface area contributed by atoms with Gasteiger partial charge >= 0.3 is 5.97 Å². The van der Waals surface area contributed by atoms with Crippen LogP contribution in [-0.2, 0) is 4.79 Å². The lowest BCUT2D eigenvalue weighted by atomic mass is 10.2. The number of nitrogens with zero attached hydrogens (tertiary/aromatic N) is 2. The number of carboxylic acid groups (broad SMARTS) is 1. The zero-order valence-corrected chi connectivity index (χ0v) is 15.4. The topological polar surface area (TPSA) is 85.5 Å². The number of hydrogen-bond acceptors (Lipinski definition) is 6. The number of aliphatic carboxylic acids is 1. The summed E-state index contributed by atoms with van der Waals surface area (Å²) in [5.74, 6) is -0.957. The number of carbonyl (C=O) groups is 1. The maximum Gasteiger partial charge on any atom is 0.342 e. The SMILES string of the molecule is COc1ccc(Cl)cc1-c1nnc(S/C(=C\c2ccc(F)cc2)C(=O)O)o1. The Morgan fingerprint density at radius 3 is 2.67 bits per heavy atom. The molecule has 0 fully saturated rings. The van der Waals surface area contributed by atoms with Crippen molar-refractivity contribution < 1.29 is 23.4 Å². The average molecular weight is 407 g/mol. The van der Waals surface area contributed by atoms with E-state index in [-0.39, 0.29) is 16.0 Å². The van der Waals surface area contributed by atoms with E-state index < -0.39 is 11.8 Å². The Labute approximate surface area is 162 Å². The van der Waals surface area contributed by atoms with Crippen LogP contribution in [-0.4, -0.2) is 28.4 Å². The highest BCUT2D eigenvalue weighted by atomic mass is 35.5. The Morgan fingerprint density at radius 2 is 2.00 bits per heavy atom. The summed E-state index contributed by atoms with van der Waals surface area (Å²) in [4.78, 5) is 11.4. The summed E-state index contributed by atoms with van der Waals surface area (Å²) in [5.41, 5.74) is 1.02. The van der Waals surface area contributed by atoms with Crippen molar-refractivity contribution in [3.05, 3.63) is 63.8 Å². The van der Waals surface area contributed by atoms with Gasteiger partial charge in [-0.1, -0.05) is 23.7 Å². The van der Waals surface area contributed by atoms with Crippen LogP contribution in [0.5, 0.6) is 5.75 Å². The van der Waals surface area contributed by atoms with Gasteiger partial charge in [0, 0.05) is 5.02 Å². The van der Waals surface area contributed by atoms with Gasteiger partial charge in [-0.3, -0.25) is 0 Å². The molecule has 3 rings (SSSR count). The Kier molecular flexibility index (Phi) is 5.78. The van der Waals surface area contributed by atoms with Gasteiger partial charge < -0.3 is 14.3 Å². The van der Waals surface area contributed by atoms with Gasteiger partial charge in [-0.25, -0.2) is 9.18 Å². The van der Waals surface area contributed by atoms with Gasteiger partial charge in [0.05, 0.1) is 12.7 Å². The molecule has 1 heterocycles. The molecule has 9 heteroatoms. The number of methoxy groups -OCH3 is 1. The van der Waals surface area contributed by atoms with Crippen molar-refractivity contribution in [1.82, 2.24) is 10.2 Å². The maximum atomic E-state index is 13.0. The Balaban J connectivity index is 1.88. The molecule has 27 heavy (non-hydrogen) atoms. The van der Waals surface area contributed by atoms with Crippen LogP contribution in [0, 0.1) is 5.82 Å². The standard InChI is InChI=1S/C18H12ClFN2O4S/c1-25-14-7-4-11(19)9-13(14)16-21-22-18(26-16)27-15(17(23)24)8-10-2-5-12(20)6-3-10/h2-9H,1H3,(H,23,24)/b15-8-. The minimum atomic E-state index is -1.18. The number of halogens is 2. The first-order valence-electron chi connectivity index (χ1n) is 7.52. The summed E-state index contributed by atoms with van der Waals surface area (Å²) < 4.78 is 23.8. The lowest BCUT2D eigenvalue weighted by Gasteiger charge is -2.04. The van der Waals surface area contributed by atoms with Crippen molar-refractivity contribution in [3.63, 3.8) is 0 Å². The third-order valence-corrected chi connectivity index (χ3v) is 4.46. The van der Waals surface area contributed by atoms with E-state index in [4.69, 9.17) is 20.8 Å². The predicted octanol–water partition coefficient (Wildman–Crippen LogP) is 4.76. The summed E-state index contributed by atoms with van der Waals surface area (Å²) in [7, 11) is 1.49. The summed E-state index contributed by atoms with van der Waals surface area (Å²) in [6.45, 7) is 0. The number of rotatable bonds is 6. The molecule has 3 aromatic rings. The van der Waals surface area contributed by atoms with Crippen LogP contribution >= 0.6 is 23.4 Å². The maximum absolute atomic E-state index is 13.0. The van der Waals surface area contributed by atoms with Gasteiger partial charge in [-0.2, -0.15) is 0 Å². The van der Waals surface area contributed by atoms with E-state index in [1.165, 1.54) is 37.5 Å². The Hall–Kier alpha value is -2.84. The molecule has 0 saturated heterocycles. The van der Waals surface area contributed by atoms with E-state index in [0.29, 0.717) is 21.9 Å². The van der Waals surface area contributed by atoms with Crippen molar-refractivity contribution in [2.24, 2.45) is 0 Å². The highest BCUT2D eigenvalue weighted by molar-refractivity contribution is 8.03. The fraction of sp³-hybridized carbons (Fsp3) is 0.0556. The molecule has 0 bridgehead atoms. The Morgan fingerprint density at radius 1 is 1.26 bits per heavy atom. The normalized spacial score (nSPS) is 11.4. The van der Waals surface area contributed by atoms with Crippen molar-refractivity contribution >= 4 is 35.4 Å². The van der Waals surface area contributed by atoms with Crippen molar-refractivity contribution in [2.75, 3.05) is 7.11 Å². The van der Waals surface area contributed by atoms with E-state index in [0.717, 1.165) is 11.8 Å². The van der Waals surface area contributed by atoms with Crippen LogP contribution in [0.15, 0.2) is 57.0 Å². The molecule has 0 aliphatic rings. The minimum absolute atomic E-state index is 0.0304. The van der Waals surface area contributed by atoms with Crippen LogP contribution in [0.3, 0.4) is 0 Å². The van der Waals surface area contributed by atoms with E-state index in [1.54, 1.807) is 18.2 Å². The van der Waals surface area contributed by atoms with Crippen LogP contribution in [0.25, 0.3) is 17.5 Å². The first-order valence-corrected chi connectivity index (χ1v) is 8.71. The van der Waals surface area contributed by atoms with Gasteiger partial charge in [0.1, 0.15) is 16.5 Å². The Bertz CT molecular complexity index is 1000. The molecule has 138 valence electrons. The van der Waals surface area contributed by atoms with E-state index in [2.05, 4.69) is 10.2 Å². The van der Waals surface area contributed by atoms with Gasteiger partial charge in [0.2, 0.25) is 0 Å². The fourth-order valence-electron chi connectivity index (χ4n) is 2.15. The highest BCUT2D eigenvalue weighted by Gasteiger charge is 2.18. The van der Waals surface area contributed by atoms with Crippen molar-refractivity contribution in [2.45, 2.75) is 5.22 Å². The lowest BCUT2D eigenvalue weighted by molar-refractivity contribution is -0.131. The van der Waals surface area contributed by atoms with Crippen LogP contribution < -0.4 is 4.74 Å². The van der Waals surface area contributed by atoms with E-state index >= 15 is 0 Å². The zero-order valence-electron chi connectivity index (χ0n) is 13.8. The molecule has 0 spiro atoms. The number of aromatic nitrogens is 2.